The fourth-order valence-electron chi connectivity index (χ4n) is 1.70. The van der Waals surface area contributed by atoms with Gasteiger partial charge < -0.3 is 5.73 Å². The zero-order valence-corrected chi connectivity index (χ0v) is 11.9. The Morgan fingerprint density at radius 3 is 2.57 bits per heavy atom. The topological polar surface area (TPSA) is 96.0 Å². The lowest BCUT2D eigenvalue weighted by Gasteiger charge is -2.11. The molecular formula is C14H12FN3O2S. The molecule has 0 aliphatic carbocycles. The lowest BCUT2D eigenvalue weighted by atomic mass is 10.2. The Morgan fingerprint density at radius 1 is 1.29 bits per heavy atom. The van der Waals surface area contributed by atoms with E-state index in [9.17, 15) is 12.8 Å². The Balaban J connectivity index is 2.47. The number of anilines is 2. The predicted octanol–water partition coefficient (Wildman–Crippen LogP) is 2.39. The number of hydrogen-bond acceptors (Lipinski definition) is 4. The SMILES string of the molecule is Cc1c(N)cc(S(=O)(=O)Nc2ccccc2C#N)cc1F. The van der Waals surface area contributed by atoms with Crippen molar-refractivity contribution >= 4 is 21.4 Å². The van der Waals surface area contributed by atoms with E-state index in [1.807, 2.05) is 6.07 Å². The van der Waals surface area contributed by atoms with Crippen molar-refractivity contribution in [1.29, 1.82) is 5.26 Å². The number of nitrogens with one attached hydrogen (secondary N) is 1. The summed E-state index contributed by atoms with van der Waals surface area (Å²) >= 11 is 0. The van der Waals surface area contributed by atoms with E-state index >= 15 is 0 Å². The minimum atomic E-state index is -4.03. The molecule has 2 aromatic rings. The molecule has 0 heterocycles. The standard InChI is InChI=1S/C14H12FN3O2S/c1-9-12(15)6-11(7-13(9)17)21(19,20)18-14-5-3-2-4-10(14)8-16/h2-7,18H,17H2,1H3. The van der Waals surface area contributed by atoms with Crippen LogP contribution in [0.5, 0.6) is 0 Å². The quantitative estimate of drug-likeness (QED) is 0.851. The second kappa shape index (κ2) is 5.42. The first kappa shape index (κ1) is 14.8. The van der Waals surface area contributed by atoms with Gasteiger partial charge in [-0.3, -0.25) is 4.72 Å². The predicted molar refractivity (Wildman–Crippen MR) is 77.5 cm³/mol. The van der Waals surface area contributed by atoms with Gasteiger partial charge in [-0.1, -0.05) is 12.1 Å². The first-order chi connectivity index (χ1) is 9.85. The number of halogens is 1. The number of rotatable bonds is 3. The van der Waals surface area contributed by atoms with E-state index in [2.05, 4.69) is 4.72 Å². The molecule has 5 nitrogen and oxygen atoms in total. The van der Waals surface area contributed by atoms with Crippen molar-refractivity contribution < 1.29 is 12.8 Å². The van der Waals surface area contributed by atoms with Crippen LogP contribution in [0, 0.1) is 24.1 Å². The van der Waals surface area contributed by atoms with Crippen molar-refractivity contribution in [3.63, 3.8) is 0 Å². The van der Waals surface area contributed by atoms with E-state index in [0.29, 0.717) is 0 Å². The minimum Gasteiger partial charge on any atom is -0.398 e. The molecule has 108 valence electrons. The summed E-state index contributed by atoms with van der Waals surface area (Å²) in [5, 5.41) is 8.95. The molecule has 0 fully saturated rings. The molecule has 2 rings (SSSR count). The smallest absolute Gasteiger partial charge is 0.262 e. The van der Waals surface area contributed by atoms with Crippen LogP contribution in [-0.2, 0) is 10.0 Å². The fraction of sp³-hybridized carbons (Fsp3) is 0.0714. The van der Waals surface area contributed by atoms with Crippen molar-refractivity contribution in [3.8, 4) is 6.07 Å². The lowest BCUT2D eigenvalue weighted by Crippen LogP contribution is -2.15. The van der Waals surface area contributed by atoms with Gasteiger partial charge in [0.2, 0.25) is 0 Å². The number of nitriles is 1. The maximum atomic E-state index is 13.6. The number of benzene rings is 2. The molecule has 3 N–H and O–H groups in total. The normalized spacial score (nSPS) is 10.9. The maximum absolute atomic E-state index is 13.6. The summed E-state index contributed by atoms with van der Waals surface area (Å²) < 4.78 is 40.4. The first-order valence-electron chi connectivity index (χ1n) is 5.92. The van der Waals surface area contributed by atoms with Gasteiger partial charge in [0.15, 0.2) is 0 Å². The van der Waals surface area contributed by atoms with Crippen LogP contribution in [0.25, 0.3) is 0 Å². The van der Waals surface area contributed by atoms with E-state index in [0.717, 1.165) is 6.07 Å². The van der Waals surface area contributed by atoms with Crippen molar-refractivity contribution in [1.82, 2.24) is 0 Å². The highest BCUT2D eigenvalue weighted by atomic mass is 32.2. The van der Waals surface area contributed by atoms with Crippen molar-refractivity contribution in [2.45, 2.75) is 11.8 Å². The summed E-state index contributed by atoms with van der Waals surface area (Å²) in [6, 6.07) is 10.1. The second-order valence-corrected chi connectivity index (χ2v) is 6.06. The average Bonchev–Trinajstić information content (AvgIpc) is 2.44. The molecule has 0 aliphatic rings. The molecule has 0 unspecified atom stereocenters. The van der Waals surface area contributed by atoms with Crippen LogP contribution in [0.1, 0.15) is 11.1 Å². The van der Waals surface area contributed by atoms with E-state index in [1.54, 1.807) is 12.1 Å². The third kappa shape index (κ3) is 2.95. The number of hydrogen-bond donors (Lipinski definition) is 2. The molecule has 21 heavy (non-hydrogen) atoms. The number of nitrogens with zero attached hydrogens (tertiary/aromatic N) is 1. The van der Waals surface area contributed by atoms with E-state index < -0.39 is 15.8 Å². The van der Waals surface area contributed by atoms with Gasteiger partial charge in [0, 0.05) is 11.3 Å². The van der Waals surface area contributed by atoms with Gasteiger partial charge in [-0.2, -0.15) is 5.26 Å². The Labute approximate surface area is 121 Å². The molecule has 0 bridgehead atoms. The Morgan fingerprint density at radius 2 is 1.95 bits per heavy atom. The fourth-order valence-corrected chi connectivity index (χ4v) is 2.83. The molecule has 0 aromatic heterocycles. The van der Waals surface area contributed by atoms with Crippen molar-refractivity contribution in [3.05, 3.63) is 53.3 Å². The summed E-state index contributed by atoms with van der Waals surface area (Å²) in [6.45, 7) is 1.46. The molecular weight excluding hydrogens is 293 g/mol. The Kier molecular flexibility index (Phi) is 3.82. The minimum absolute atomic E-state index is 0.0453. The van der Waals surface area contributed by atoms with Crippen LogP contribution in [0.15, 0.2) is 41.3 Å². The van der Waals surface area contributed by atoms with Gasteiger partial charge in [0.25, 0.3) is 10.0 Å². The van der Waals surface area contributed by atoms with Crippen molar-refractivity contribution in [2.24, 2.45) is 0 Å². The van der Waals surface area contributed by atoms with Crippen LogP contribution >= 0.6 is 0 Å². The summed E-state index contributed by atoms with van der Waals surface area (Å²) in [4.78, 5) is -0.296. The average molecular weight is 305 g/mol. The maximum Gasteiger partial charge on any atom is 0.262 e. The number of nitrogens with two attached hydrogens (primary N) is 1. The van der Waals surface area contributed by atoms with Gasteiger partial charge in [-0.15, -0.1) is 0 Å². The van der Waals surface area contributed by atoms with E-state index in [4.69, 9.17) is 11.0 Å². The van der Waals surface area contributed by atoms with Gasteiger partial charge >= 0.3 is 0 Å². The zero-order chi connectivity index (χ0) is 15.6. The van der Waals surface area contributed by atoms with Gasteiger partial charge in [-0.05, 0) is 31.2 Å². The third-order valence-electron chi connectivity index (χ3n) is 2.96. The zero-order valence-electron chi connectivity index (χ0n) is 11.1. The molecule has 0 saturated carbocycles. The highest BCUT2D eigenvalue weighted by Crippen LogP contribution is 2.24. The first-order valence-corrected chi connectivity index (χ1v) is 7.41. The Hall–Kier alpha value is -2.59. The van der Waals surface area contributed by atoms with Crippen LogP contribution in [-0.4, -0.2) is 8.42 Å². The molecule has 0 amide bonds. The molecule has 0 radical (unpaired) electrons. The van der Waals surface area contributed by atoms with E-state index in [1.165, 1.54) is 25.1 Å². The second-order valence-electron chi connectivity index (χ2n) is 4.38. The summed E-state index contributed by atoms with van der Waals surface area (Å²) in [5.74, 6) is -0.705. The molecule has 0 saturated heterocycles. The number of nitrogen functional groups attached to an aromatic ring is 1. The molecule has 2 aromatic carbocycles. The highest BCUT2D eigenvalue weighted by molar-refractivity contribution is 7.92. The summed E-state index contributed by atoms with van der Waals surface area (Å²) in [5.41, 5.74) is 6.11. The number of para-hydroxylation sites is 1. The van der Waals surface area contributed by atoms with Gasteiger partial charge in [0.05, 0.1) is 16.1 Å². The van der Waals surface area contributed by atoms with Crippen molar-refractivity contribution in [2.75, 3.05) is 10.5 Å². The molecule has 0 atom stereocenters. The molecule has 0 spiro atoms. The van der Waals surface area contributed by atoms with E-state index in [-0.39, 0.29) is 27.4 Å². The van der Waals surface area contributed by atoms with Crippen LogP contribution in [0.2, 0.25) is 0 Å². The summed E-state index contributed by atoms with van der Waals surface area (Å²) in [6.07, 6.45) is 0. The third-order valence-corrected chi connectivity index (χ3v) is 4.31. The summed E-state index contributed by atoms with van der Waals surface area (Å²) in [7, 11) is -4.03. The van der Waals surface area contributed by atoms with Gasteiger partial charge in [-0.25, -0.2) is 12.8 Å². The van der Waals surface area contributed by atoms with Gasteiger partial charge in [0.1, 0.15) is 11.9 Å². The van der Waals surface area contributed by atoms with Crippen LogP contribution in [0.3, 0.4) is 0 Å². The molecule has 0 aliphatic heterocycles. The lowest BCUT2D eigenvalue weighted by molar-refractivity contribution is 0.593. The monoisotopic (exact) mass is 305 g/mol. The largest absolute Gasteiger partial charge is 0.398 e. The highest BCUT2D eigenvalue weighted by Gasteiger charge is 2.18. The Bertz CT molecular complexity index is 819. The number of sulfonamides is 1. The molecule has 7 heteroatoms. The van der Waals surface area contributed by atoms with Crippen LogP contribution < -0.4 is 10.5 Å². The van der Waals surface area contributed by atoms with Crippen LogP contribution in [0.4, 0.5) is 15.8 Å².